The number of benzene rings is 1. The van der Waals surface area contributed by atoms with Crippen LogP contribution in [0.4, 0.5) is 0 Å². The van der Waals surface area contributed by atoms with E-state index in [0.717, 1.165) is 18.0 Å². The molecule has 0 heterocycles. The van der Waals surface area contributed by atoms with Crippen molar-refractivity contribution in [2.75, 3.05) is 27.3 Å². The largest absolute Gasteiger partial charge is 0.493 e. The van der Waals surface area contributed by atoms with Crippen LogP contribution in [0, 0.1) is 0 Å². The molecule has 0 bridgehead atoms. The lowest BCUT2D eigenvalue weighted by Gasteiger charge is -2.07. The standard InChI is InChI=1S/C12H17NO2.ClH/c1-13-9-5-6-10-15-12-8-4-3-7-11(12)14-2;/h3-8,13H,9-10H2,1-2H3;1H. The monoisotopic (exact) mass is 243 g/mol. The van der Waals surface area contributed by atoms with Crippen LogP contribution in [0.1, 0.15) is 0 Å². The van der Waals surface area contributed by atoms with Gasteiger partial charge >= 0.3 is 0 Å². The highest BCUT2D eigenvalue weighted by molar-refractivity contribution is 5.85. The van der Waals surface area contributed by atoms with Crippen molar-refractivity contribution in [1.82, 2.24) is 5.32 Å². The van der Waals surface area contributed by atoms with Crippen LogP contribution in [-0.4, -0.2) is 27.3 Å². The van der Waals surface area contributed by atoms with Gasteiger partial charge in [0.05, 0.1) is 7.11 Å². The van der Waals surface area contributed by atoms with Gasteiger partial charge < -0.3 is 14.8 Å². The quantitative estimate of drug-likeness (QED) is 0.778. The van der Waals surface area contributed by atoms with Crippen molar-refractivity contribution >= 4 is 12.4 Å². The maximum atomic E-state index is 5.54. The molecule has 1 rings (SSSR count). The summed E-state index contributed by atoms with van der Waals surface area (Å²) < 4.78 is 10.7. The zero-order valence-electron chi connectivity index (χ0n) is 9.60. The minimum Gasteiger partial charge on any atom is -0.493 e. The van der Waals surface area contributed by atoms with E-state index in [1.165, 1.54) is 0 Å². The summed E-state index contributed by atoms with van der Waals surface area (Å²) in [5.74, 6) is 1.54. The van der Waals surface area contributed by atoms with Crippen LogP contribution in [-0.2, 0) is 0 Å². The molecule has 0 amide bonds. The van der Waals surface area contributed by atoms with Crippen LogP contribution in [0.2, 0.25) is 0 Å². The smallest absolute Gasteiger partial charge is 0.161 e. The molecule has 4 heteroatoms. The predicted octanol–water partition coefficient (Wildman–Crippen LogP) is 2.27. The average Bonchev–Trinajstić information content (AvgIpc) is 2.29. The Balaban J connectivity index is 0.00000225. The molecule has 0 aromatic heterocycles. The maximum absolute atomic E-state index is 5.54. The van der Waals surface area contributed by atoms with Gasteiger partial charge in [0.25, 0.3) is 0 Å². The van der Waals surface area contributed by atoms with E-state index in [9.17, 15) is 0 Å². The van der Waals surface area contributed by atoms with E-state index in [2.05, 4.69) is 5.32 Å². The Kier molecular flexibility index (Phi) is 8.39. The number of rotatable bonds is 6. The van der Waals surface area contributed by atoms with Crippen LogP contribution in [0.5, 0.6) is 11.5 Å². The Morgan fingerprint density at radius 2 is 1.88 bits per heavy atom. The third-order valence-corrected chi connectivity index (χ3v) is 1.89. The summed E-state index contributed by atoms with van der Waals surface area (Å²) in [4.78, 5) is 0. The molecule has 0 fully saturated rings. The van der Waals surface area contributed by atoms with E-state index in [0.29, 0.717) is 6.61 Å². The summed E-state index contributed by atoms with van der Waals surface area (Å²) in [7, 11) is 3.55. The van der Waals surface area contributed by atoms with Gasteiger partial charge in [-0.25, -0.2) is 0 Å². The van der Waals surface area contributed by atoms with Crippen LogP contribution >= 0.6 is 12.4 Å². The summed E-state index contributed by atoms with van der Waals surface area (Å²) in [6, 6.07) is 7.62. The van der Waals surface area contributed by atoms with Crippen molar-refractivity contribution in [3.05, 3.63) is 36.4 Å². The number of methoxy groups -OCH3 is 1. The molecule has 0 atom stereocenters. The number of para-hydroxylation sites is 2. The van der Waals surface area contributed by atoms with Gasteiger partial charge in [0, 0.05) is 6.54 Å². The van der Waals surface area contributed by atoms with Gasteiger partial charge in [-0.05, 0) is 19.2 Å². The molecule has 0 aliphatic heterocycles. The minimum atomic E-state index is 0. The molecule has 0 radical (unpaired) electrons. The first kappa shape index (κ1) is 14.8. The second-order valence-corrected chi connectivity index (χ2v) is 2.99. The molecule has 0 aliphatic rings. The normalized spacial score (nSPS) is 9.88. The SMILES string of the molecule is CNCC=CCOc1ccccc1OC.Cl. The van der Waals surface area contributed by atoms with E-state index >= 15 is 0 Å². The summed E-state index contributed by atoms with van der Waals surface area (Å²) in [6.45, 7) is 1.41. The summed E-state index contributed by atoms with van der Waals surface area (Å²) in [6.07, 6.45) is 4.00. The van der Waals surface area contributed by atoms with Crippen molar-refractivity contribution in [1.29, 1.82) is 0 Å². The van der Waals surface area contributed by atoms with Crippen molar-refractivity contribution < 1.29 is 9.47 Å². The van der Waals surface area contributed by atoms with Crippen LogP contribution in [0.15, 0.2) is 36.4 Å². The Morgan fingerprint density at radius 1 is 1.19 bits per heavy atom. The molecule has 1 aromatic carbocycles. The van der Waals surface area contributed by atoms with Crippen LogP contribution < -0.4 is 14.8 Å². The fraction of sp³-hybridized carbons (Fsp3) is 0.333. The summed E-state index contributed by atoms with van der Waals surface area (Å²) >= 11 is 0. The first-order valence-electron chi connectivity index (χ1n) is 4.94. The van der Waals surface area contributed by atoms with E-state index in [1.807, 2.05) is 43.5 Å². The molecule has 0 spiro atoms. The van der Waals surface area contributed by atoms with Crippen LogP contribution in [0.25, 0.3) is 0 Å². The van der Waals surface area contributed by atoms with Crippen molar-refractivity contribution in [3.8, 4) is 11.5 Å². The van der Waals surface area contributed by atoms with E-state index in [4.69, 9.17) is 9.47 Å². The van der Waals surface area contributed by atoms with Crippen LogP contribution in [0.3, 0.4) is 0 Å². The molecule has 1 aromatic rings. The fourth-order valence-electron chi connectivity index (χ4n) is 1.15. The number of hydrogen-bond donors (Lipinski definition) is 1. The van der Waals surface area contributed by atoms with E-state index in [1.54, 1.807) is 7.11 Å². The number of hydrogen-bond acceptors (Lipinski definition) is 3. The molecular formula is C12H18ClNO2. The van der Waals surface area contributed by atoms with Gasteiger partial charge in [-0.1, -0.05) is 24.3 Å². The lowest BCUT2D eigenvalue weighted by atomic mass is 10.3. The first-order valence-corrected chi connectivity index (χ1v) is 4.94. The molecule has 1 N–H and O–H groups in total. The molecule has 0 unspecified atom stereocenters. The molecule has 0 saturated carbocycles. The molecule has 0 saturated heterocycles. The lowest BCUT2D eigenvalue weighted by Crippen LogP contribution is -2.04. The number of likely N-dealkylation sites (N-methyl/N-ethyl adjacent to an activating group) is 1. The predicted molar refractivity (Wildman–Crippen MR) is 68.8 cm³/mol. The topological polar surface area (TPSA) is 30.5 Å². The van der Waals surface area contributed by atoms with Gasteiger partial charge in [-0.2, -0.15) is 0 Å². The highest BCUT2D eigenvalue weighted by Crippen LogP contribution is 2.25. The Labute approximate surface area is 103 Å². The van der Waals surface area contributed by atoms with Gasteiger partial charge in [0.15, 0.2) is 11.5 Å². The lowest BCUT2D eigenvalue weighted by molar-refractivity contribution is 0.326. The van der Waals surface area contributed by atoms with Crippen molar-refractivity contribution in [2.24, 2.45) is 0 Å². The van der Waals surface area contributed by atoms with E-state index < -0.39 is 0 Å². The third kappa shape index (κ3) is 5.05. The number of nitrogens with one attached hydrogen (secondary N) is 1. The second kappa shape index (κ2) is 9.07. The summed E-state index contributed by atoms with van der Waals surface area (Å²) in [5, 5.41) is 3.02. The molecule has 90 valence electrons. The Morgan fingerprint density at radius 3 is 2.50 bits per heavy atom. The van der Waals surface area contributed by atoms with Gasteiger partial charge in [0.2, 0.25) is 0 Å². The maximum Gasteiger partial charge on any atom is 0.161 e. The van der Waals surface area contributed by atoms with Gasteiger partial charge in [0.1, 0.15) is 6.61 Å². The Bertz CT molecular complexity index is 316. The highest BCUT2D eigenvalue weighted by Gasteiger charge is 1.99. The number of halogens is 1. The average molecular weight is 244 g/mol. The third-order valence-electron chi connectivity index (χ3n) is 1.89. The fourth-order valence-corrected chi connectivity index (χ4v) is 1.15. The molecule has 16 heavy (non-hydrogen) atoms. The Hall–Kier alpha value is -1.19. The molecule has 3 nitrogen and oxygen atoms in total. The van der Waals surface area contributed by atoms with Crippen molar-refractivity contribution in [3.63, 3.8) is 0 Å². The first-order chi connectivity index (χ1) is 7.38. The molecule has 0 aliphatic carbocycles. The highest BCUT2D eigenvalue weighted by atomic mass is 35.5. The van der Waals surface area contributed by atoms with Crippen molar-refractivity contribution in [2.45, 2.75) is 0 Å². The summed E-state index contributed by atoms with van der Waals surface area (Å²) in [5.41, 5.74) is 0. The van der Waals surface area contributed by atoms with Gasteiger partial charge in [-0.15, -0.1) is 12.4 Å². The second-order valence-electron chi connectivity index (χ2n) is 2.99. The zero-order chi connectivity index (χ0) is 10.9. The zero-order valence-corrected chi connectivity index (χ0v) is 10.4. The molecular weight excluding hydrogens is 226 g/mol. The minimum absolute atomic E-state index is 0. The number of ether oxygens (including phenoxy) is 2. The van der Waals surface area contributed by atoms with Gasteiger partial charge in [-0.3, -0.25) is 0 Å². The van der Waals surface area contributed by atoms with E-state index in [-0.39, 0.29) is 12.4 Å².